The molecule has 0 fully saturated rings. The fourth-order valence-corrected chi connectivity index (χ4v) is 2.33. The fraction of sp³-hybridized carbons (Fsp3) is 0.333. The smallest absolute Gasteiger partial charge is 0.356 e. The molecule has 0 bridgehead atoms. The van der Waals surface area contributed by atoms with Crippen LogP contribution in [0.1, 0.15) is 16.1 Å². The van der Waals surface area contributed by atoms with Gasteiger partial charge in [-0.05, 0) is 17.7 Å². The maximum Gasteiger partial charge on any atom is 0.356 e. The lowest BCUT2D eigenvalue weighted by Crippen LogP contribution is -2.03. The molecule has 1 aromatic carbocycles. The van der Waals surface area contributed by atoms with Gasteiger partial charge >= 0.3 is 5.97 Å². The molecule has 1 heterocycles. The van der Waals surface area contributed by atoms with Crippen molar-refractivity contribution in [3.63, 3.8) is 0 Å². The predicted octanol–water partition coefficient (Wildman–Crippen LogP) is 1.95. The van der Waals surface area contributed by atoms with Crippen LogP contribution in [0, 0.1) is 0 Å². The summed E-state index contributed by atoms with van der Waals surface area (Å²) < 4.78 is 17.5. The number of carbonyl (C=O) groups is 1. The number of hydrogen-bond acceptors (Lipinski definition) is 5. The molecule has 0 unspecified atom stereocenters. The third-order valence-electron chi connectivity index (χ3n) is 3.29. The Labute approximate surface area is 128 Å². The van der Waals surface area contributed by atoms with Gasteiger partial charge < -0.3 is 19.3 Å². The number of benzene rings is 1. The van der Waals surface area contributed by atoms with E-state index in [0.29, 0.717) is 29.4 Å². The van der Waals surface area contributed by atoms with E-state index in [1.165, 1.54) is 17.9 Å². The van der Waals surface area contributed by atoms with E-state index in [9.17, 15) is 4.79 Å². The monoisotopic (exact) mass is 306 g/mol. The van der Waals surface area contributed by atoms with E-state index in [2.05, 4.69) is 5.10 Å². The Morgan fingerprint density at radius 1 is 1.27 bits per heavy atom. The number of carboxylic acids is 1. The van der Waals surface area contributed by atoms with Crippen molar-refractivity contribution in [1.82, 2.24) is 9.78 Å². The first kappa shape index (κ1) is 15.8. The minimum Gasteiger partial charge on any atom is -0.493 e. The molecule has 0 spiro atoms. The first-order valence-electron chi connectivity index (χ1n) is 6.54. The number of aromatic nitrogens is 2. The maximum atomic E-state index is 11.1. The third kappa shape index (κ3) is 2.75. The van der Waals surface area contributed by atoms with Gasteiger partial charge in [-0.1, -0.05) is 6.07 Å². The summed E-state index contributed by atoms with van der Waals surface area (Å²) >= 11 is 0. The Balaban J connectivity index is 2.73. The Kier molecular flexibility index (Phi) is 4.67. The first-order chi connectivity index (χ1) is 10.5. The van der Waals surface area contributed by atoms with Crippen molar-refractivity contribution in [2.45, 2.75) is 6.61 Å². The zero-order valence-electron chi connectivity index (χ0n) is 12.9. The normalized spacial score (nSPS) is 10.5. The van der Waals surface area contributed by atoms with E-state index in [1.807, 2.05) is 6.07 Å². The molecule has 0 aliphatic rings. The van der Waals surface area contributed by atoms with Crippen LogP contribution in [0.3, 0.4) is 0 Å². The molecule has 2 aromatic rings. The van der Waals surface area contributed by atoms with E-state index in [1.54, 1.807) is 27.3 Å². The first-order valence-corrected chi connectivity index (χ1v) is 6.54. The van der Waals surface area contributed by atoms with Crippen LogP contribution in [-0.2, 0) is 18.4 Å². The summed E-state index contributed by atoms with van der Waals surface area (Å²) in [7, 11) is 6.35. The van der Waals surface area contributed by atoms with Gasteiger partial charge in [-0.2, -0.15) is 5.10 Å². The molecule has 7 nitrogen and oxygen atoms in total. The molecular weight excluding hydrogens is 288 g/mol. The third-order valence-corrected chi connectivity index (χ3v) is 3.29. The van der Waals surface area contributed by atoms with Gasteiger partial charge in [-0.3, -0.25) is 4.68 Å². The Bertz CT molecular complexity index is 693. The highest BCUT2D eigenvalue weighted by atomic mass is 16.5. The molecule has 0 aliphatic carbocycles. The van der Waals surface area contributed by atoms with Gasteiger partial charge in [0, 0.05) is 14.2 Å². The molecule has 1 aromatic heterocycles. The zero-order valence-corrected chi connectivity index (χ0v) is 12.9. The minimum absolute atomic E-state index is 0.0364. The Morgan fingerprint density at radius 2 is 2.00 bits per heavy atom. The number of methoxy groups -OCH3 is 3. The zero-order chi connectivity index (χ0) is 16.3. The summed E-state index contributed by atoms with van der Waals surface area (Å²) in [4.78, 5) is 11.1. The van der Waals surface area contributed by atoms with Crippen LogP contribution >= 0.6 is 0 Å². The second-order valence-electron chi connectivity index (χ2n) is 4.61. The summed E-state index contributed by atoms with van der Waals surface area (Å²) in [5, 5.41) is 13.1. The van der Waals surface area contributed by atoms with Crippen molar-refractivity contribution in [2.24, 2.45) is 7.05 Å². The molecule has 2 rings (SSSR count). The van der Waals surface area contributed by atoms with Gasteiger partial charge in [-0.25, -0.2) is 4.79 Å². The van der Waals surface area contributed by atoms with Gasteiger partial charge in [0.1, 0.15) is 0 Å². The second kappa shape index (κ2) is 6.48. The number of nitrogens with zero attached hydrogens (tertiary/aromatic N) is 2. The number of aromatic carboxylic acids is 1. The van der Waals surface area contributed by atoms with Crippen molar-refractivity contribution in [1.29, 1.82) is 0 Å². The number of aryl methyl sites for hydroxylation is 1. The highest BCUT2D eigenvalue weighted by Gasteiger charge is 2.21. The standard InChI is InChI=1S/C15H18N2O5/c1-17-11(7-10(16-17)15(18)19)13-9(8-20-2)5-6-12(21-3)14(13)22-4/h5-7H,8H2,1-4H3,(H,18,19). The van der Waals surface area contributed by atoms with Crippen molar-refractivity contribution >= 4 is 5.97 Å². The average molecular weight is 306 g/mol. The fourth-order valence-electron chi connectivity index (χ4n) is 2.33. The van der Waals surface area contributed by atoms with Gasteiger partial charge in [-0.15, -0.1) is 0 Å². The maximum absolute atomic E-state index is 11.1. The van der Waals surface area contributed by atoms with Gasteiger partial charge in [0.05, 0.1) is 32.1 Å². The Hall–Kier alpha value is -2.54. The van der Waals surface area contributed by atoms with Gasteiger partial charge in [0.2, 0.25) is 0 Å². The van der Waals surface area contributed by atoms with Crippen LogP contribution in [0.2, 0.25) is 0 Å². The number of rotatable bonds is 6. The van der Waals surface area contributed by atoms with Crippen LogP contribution in [0.5, 0.6) is 11.5 Å². The topological polar surface area (TPSA) is 82.8 Å². The van der Waals surface area contributed by atoms with E-state index in [4.69, 9.17) is 19.3 Å². The van der Waals surface area contributed by atoms with E-state index < -0.39 is 5.97 Å². The van der Waals surface area contributed by atoms with E-state index in [0.717, 1.165) is 5.56 Å². The molecule has 1 N–H and O–H groups in total. The van der Waals surface area contributed by atoms with Crippen molar-refractivity contribution < 1.29 is 24.1 Å². The van der Waals surface area contributed by atoms with Gasteiger partial charge in [0.15, 0.2) is 17.2 Å². The van der Waals surface area contributed by atoms with Crippen molar-refractivity contribution in [2.75, 3.05) is 21.3 Å². The van der Waals surface area contributed by atoms with Crippen molar-refractivity contribution in [3.05, 3.63) is 29.5 Å². The van der Waals surface area contributed by atoms with Crippen LogP contribution < -0.4 is 9.47 Å². The molecule has 22 heavy (non-hydrogen) atoms. The summed E-state index contributed by atoms with van der Waals surface area (Å²) in [6, 6.07) is 5.14. The quantitative estimate of drug-likeness (QED) is 0.878. The molecule has 0 atom stereocenters. The highest BCUT2D eigenvalue weighted by Crippen LogP contribution is 2.41. The molecule has 0 aliphatic heterocycles. The second-order valence-corrected chi connectivity index (χ2v) is 4.61. The molecule has 0 amide bonds. The molecule has 0 saturated heterocycles. The Morgan fingerprint density at radius 3 is 2.50 bits per heavy atom. The SMILES string of the molecule is COCc1ccc(OC)c(OC)c1-c1cc(C(=O)O)nn1C. The van der Waals surface area contributed by atoms with Crippen LogP contribution in [-0.4, -0.2) is 42.2 Å². The minimum atomic E-state index is -1.09. The summed E-state index contributed by atoms with van der Waals surface area (Å²) in [5.74, 6) is -0.0237. The van der Waals surface area contributed by atoms with Crippen LogP contribution in [0.15, 0.2) is 18.2 Å². The summed E-state index contributed by atoms with van der Waals surface area (Å²) in [5.41, 5.74) is 2.12. The number of carboxylic acid groups (broad SMARTS) is 1. The summed E-state index contributed by atoms with van der Waals surface area (Å²) in [6.45, 7) is 0.350. The van der Waals surface area contributed by atoms with Gasteiger partial charge in [0.25, 0.3) is 0 Å². The number of ether oxygens (including phenoxy) is 3. The lowest BCUT2D eigenvalue weighted by Gasteiger charge is -2.16. The molecule has 118 valence electrons. The number of hydrogen-bond donors (Lipinski definition) is 1. The van der Waals surface area contributed by atoms with Crippen molar-refractivity contribution in [3.8, 4) is 22.8 Å². The highest BCUT2D eigenvalue weighted by molar-refractivity contribution is 5.88. The molecule has 7 heteroatoms. The van der Waals surface area contributed by atoms with E-state index in [-0.39, 0.29) is 5.69 Å². The molecule has 0 radical (unpaired) electrons. The van der Waals surface area contributed by atoms with Crippen LogP contribution in [0.4, 0.5) is 0 Å². The predicted molar refractivity (Wildman–Crippen MR) is 79.4 cm³/mol. The largest absolute Gasteiger partial charge is 0.493 e. The average Bonchev–Trinajstić information content (AvgIpc) is 2.88. The lowest BCUT2D eigenvalue weighted by molar-refractivity contribution is 0.0689. The molecular formula is C15H18N2O5. The summed E-state index contributed by atoms with van der Waals surface area (Å²) in [6.07, 6.45) is 0. The van der Waals surface area contributed by atoms with E-state index >= 15 is 0 Å². The molecule has 0 saturated carbocycles. The lowest BCUT2D eigenvalue weighted by atomic mass is 10.0. The van der Waals surface area contributed by atoms with Crippen LogP contribution in [0.25, 0.3) is 11.3 Å².